The van der Waals surface area contributed by atoms with E-state index in [1.165, 1.54) is 0 Å². The Morgan fingerprint density at radius 1 is 1.24 bits per heavy atom. The van der Waals surface area contributed by atoms with Crippen molar-refractivity contribution in [3.63, 3.8) is 0 Å². The van der Waals surface area contributed by atoms with Gasteiger partial charge in [0, 0.05) is 30.1 Å². The van der Waals surface area contributed by atoms with Crippen LogP contribution in [0.3, 0.4) is 0 Å². The molecule has 0 aliphatic heterocycles. The van der Waals surface area contributed by atoms with Crippen LogP contribution in [-0.4, -0.2) is 15.8 Å². The summed E-state index contributed by atoms with van der Waals surface area (Å²) >= 11 is 0. The zero-order valence-corrected chi connectivity index (χ0v) is 11.4. The minimum atomic E-state index is -0.380. The van der Waals surface area contributed by atoms with Crippen LogP contribution in [-0.2, 0) is 6.54 Å². The summed E-state index contributed by atoms with van der Waals surface area (Å²) in [5.41, 5.74) is 1.95. The molecule has 1 atom stereocenters. The molecule has 0 aliphatic carbocycles. The number of aromatic nitrogens is 1. The van der Waals surface area contributed by atoms with Crippen LogP contribution in [0.4, 0.5) is 0 Å². The molecule has 1 unspecified atom stereocenters. The maximum atomic E-state index is 11.3. The van der Waals surface area contributed by atoms with Gasteiger partial charge in [-0.1, -0.05) is 20.8 Å². The Kier molecular flexibility index (Phi) is 4.15. The highest BCUT2D eigenvalue weighted by Gasteiger charge is 2.17. The molecule has 17 heavy (non-hydrogen) atoms. The van der Waals surface area contributed by atoms with Gasteiger partial charge < -0.3 is 9.67 Å². The molecule has 0 saturated heterocycles. The monoisotopic (exact) mass is 237 g/mol. The summed E-state index contributed by atoms with van der Waals surface area (Å²) in [5.74, 6) is 0. The summed E-state index contributed by atoms with van der Waals surface area (Å²) in [5, 5.41) is 10.1. The predicted octanol–water partition coefficient (Wildman–Crippen LogP) is 2.26. The van der Waals surface area contributed by atoms with Crippen LogP contribution in [0.25, 0.3) is 0 Å². The van der Waals surface area contributed by atoms with E-state index in [1.54, 1.807) is 12.1 Å². The van der Waals surface area contributed by atoms with Gasteiger partial charge in [-0.2, -0.15) is 0 Å². The zero-order chi connectivity index (χ0) is 13.2. The Hall–Kier alpha value is -1.09. The third kappa shape index (κ3) is 4.35. The summed E-state index contributed by atoms with van der Waals surface area (Å²) in [6.45, 7) is 10.7. The highest BCUT2D eigenvalue weighted by molar-refractivity contribution is 5.12. The number of pyridine rings is 1. The van der Waals surface area contributed by atoms with Gasteiger partial charge in [-0.25, -0.2) is 0 Å². The van der Waals surface area contributed by atoms with Crippen LogP contribution in [0.1, 0.15) is 38.6 Å². The molecule has 3 nitrogen and oxygen atoms in total. The van der Waals surface area contributed by atoms with E-state index in [4.69, 9.17) is 0 Å². The fourth-order valence-corrected chi connectivity index (χ4v) is 2.16. The molecule has 0 aromatic carbocycles. The minimum Gasteiger partial charge on any atom is -0.391 e. The molecular formula is C14H23NO2. The van der Waals surface area contributed by atoms with Gasteiger partial charge >= 0.3 is 0 Å². The molecule has 0 spiro atoms. The minimum absolute atomic E-state index is 0.0292. The number of aliphatic hydroxyl groups excluding tert-OH is 1. The van der Waals surface area contributed by atoms with Gasteiger partial charge in [-0.05, 0) is 25.7 Å². The van der Waals surface area contributed by atoms with Crippen molar-refractivity contribution in [3.8, 4) is 0 Å². The van der Waals surface area contributed by atoms with Crippen LogP contribution in [0.15, 0.2) is 16.9 Å². The molecule has 1 aromatic rings. The summed E-state index contributed by atoms with van der Waals surface area (Å²) in [7, 11) is 0. The number of nitrogens with zero attached hydrogens (tertiary/aromatic N) is 1. The summed E-state index contributed by atoms with van der Waals surface area (Å²) in [6, 6.07) is 3.22. The first-order chi connectivity index (χ1) is 7.69. The lowest BCUT2D eigenvalue weighted by molar-refractivity contribution is 0.103. The highest BCUT2D eigenvalue weighted by atomic mass is 16.3. The molecular weight excluding hydrogens is 214 g/mol. The Morgan fingerprint density at radius 3 is 2.12 bits per heavy atom. The molecule has 0 bridgehead atoms. The maximum Gasteiger partial charge on any atom is 0.182 e. The van der Waals surface area contributed by atoms with Crippen LogP contribution < -0.4 is 5.43 Å². The van der Waals surface area contributed by atoms with Gasteiger partial charge in [0.1, 0.15) is 0 Å². The van der Waals surface area contributed by atoms with Crippen LogP contribution in [0.2, 0.25) is 0 Å². The average molecular weight is 237 g/mol. The Bertz CT molecular complexity index is 414. The van der Waals surface area contributed by atoms with E-state index in [2.05, 4.69) is 20.8 Å². The van der Waals surface area contributed by atoms with Gasteiger partial charge in [-0.3, -0.25) is 4.79 Å². The largest absolute Gasteiger partial charge is 0.391 e. The molecule has 0 radical (unpaired) electrons. The number of rotatable bonds is 3. The van der Waals surface area contributed by atoms with Crippen LogP contribution >= 0.6 is 0 Å². The van der Waals surface area contributed by atoms with Crippen molar-refractivity contribution in [2.75, 3.05) is 0 Å². The second-order valence-corrected chi connectivity index (χ2v) is 6.00. The molecule has 0 aliphatic rings. The zero-order valence-electron chi connectivity index (χ0n) is 11.4. The van der Waals surface area contributed by atoms with E-state index in [1.807, 2.05) is 18.4 Å². The maximum absolute atomic E-state index is 11.3. The highest BCUT2D eigenvalue weighted by Crippen LogP contribution is 2.21. The summed E-state index contributed by atoms with van der Waals surface area (Å²) in [4.78, 5) is 11.3. The van der Waals surface area contributed by atoms with E-state index in [9.17, 15) is 9.90 Å². The van der Waals surface area contributed by atoms with E-state index in [0.717, 1.165) is 17.8 Å². The average Bonchev–Trinajstić information content (AvgIpc) is 2.08. The third-order valence-electron chi connectivity index (χ3n) is 2.80. The molecule has 1 N–H and O–H groups in total. The third-order valence-corrected chi connectivity index (χ3v) is 2.80. The lowest BCUT2D eigenvalue weighted by Gasteiger charge is -2.24. The van der Waals surface area contributed by atoms with E-state index in [0.29, 0.717) is 6.54 Å². The Labute approximate surface area is 103 Å². The summed E-state index contributed by atoms with van der Waals surface area (Å²) in [6.07, 6.45) is 0.368. The SMILES string of the molecule is Cc1cc(=O)cc(C)n1CC(O)CC(C)(C)C. The number of hydrogen-bond acceptors (Lipinski definition) is 2. The van der Waals surface area contributed by atoms with Gasteiger partial charge in [-0.15, -0.1) is 0 Å². The number of aliphatic hydroxyl groups is 1. The van der Waals surface area contributed by atoms with Crippen molar-refractivity contribution in [1.29, 1.82) is 0 Å². The standard InChI is InChI=1S/C14H23NO2/c1-10-6-12(16)7-11(2)15(10)9-13(17)8-14(3,4)5/h6-7,13,17H,8-9H2,1-5H3. The van der Waals surface area contributed by atoms with Crippen molar-refractivity contribution in [3.05, 3.63) is 33.7 Å². The van der Waals surface area contributed by atoms with E-state index in [-0.39, 0.29) is 16.9 Å². The molecule has 96 valence electrons. The fourth-order valence-electron chi connectivity index (χ4n) is 2.16. The molecule has 0 amide bonds. The van der Waals surface area contributed by atoms with Gasteiger partial charge in [0.15, 0.2) is 5.43 Å². The molecule has 1 aromatic heterocycles. The predicted molar refractivity (Wildman–Crippen MR) is 70.3 cm³/mol. The van der Waals surface area contributed by atoms with Crippen molar-refractivity contribution in [1.82, 2.24) is 4.57 Å². The lowest BCUT2D eigenvalue weighted by Crippen LogP contribution is -2.25. The second kappa shape index (κ2) is 5.05. The van der Waals surface area contributed by atoms with Gasteiger partial charge in [0.05, 0.1) is 6.10 Å². The number of hydrogen-bond donors (Lipinski definition) is 1. The first kappa shape index (κ1) is 14.0. The quantitative estimate of drug-likeness (QED) is 0.876. The fraction of sp³-hybridized carbons (Fsp3) is 0.643. The van der Waals surface area contributed by atoms with E-state index >= 15 is 0 Å². The van der Waals surface area contributed by atoms with Crippen molar-refractivity contribution < 1.29 is 5.11 Å². The van der Waals surface area contributed by atoms with Crippen LogP contribution in [0, 0.1) is 19.3 Å². The van der Waals surface area contributed by atoms with E-state index < -0.39 is 0 Å². The number of aryl methyl sites for hydroxylation is 2. The lowest BCUT2D eigenvalue weighted by atomic mass is 9.89. The van der Waals surface area contributed by atoms with Crippen molar-refractivity contribution >= 4 is 0 Å². The van der Waals surface area contributed by atoms with Crippen molar-refractivity contribution in [2.45, 2.75) is 53.7 Å². The topological polar surface area (TPSA) is 42.2 Å². The first-order valence-corrected chi connectivity index (χ1v) is 6.05. The van der Waals surface area contributed by atoms with Gasteiger partial charge in [0.25, 0.3) is 0 Å². The molecule has 1 rings (SSSR count). The van der Waals surface area contributed by atoms with Gasteiger partial charge in [0.2, 0.25) is 0 Å². The molecule has 0 fully saturated rings. The Balaban J connectivity index is 2.85. The first-order valence-electron chi connectivity index (χ1n) is 6.05. The molecule has 1 heterocycles. The molecule has 0 saturated carbocycles. The summed E-state index contributed by atoms with van der Waals surface area (Å²) < 4.78 is 2.00. The molecule has 3 heteroatoms. The Morgan fingerprint density at radius 2 is 1.71 bits per heavy atom. The smallest absolute Gasteiger partial charge is 0.182 e. The second-order valence-electron chi connectivity index (χ2n) is 6.00. The van der Waals surface area contributed by atoms with Crippen LogP contribution in [0.5, 0.6) is 0 Å². The normalized spacial score (nSPS) is 13.8. The van der Waals surface area contributed by atoms with Crippen molar-refractivity contribution in [2.24, 2.45) is 5.41 Å².